The molecule has 0 unspecified atom stereocenters. The van der Waals surface area contributed by atoms with E-state index in [-0.39, 0.29) is 24.4 Å². The monoisotopic (exact) mass is 240 g/mol. The molecule has 5 heteroatoms. The molecule has 0 aliphatic rings. The summed E-state index contributed by atoms with van der Waals surface area (Å²) in [4.78, 5) is 11.4. The third kappa shape index (κ3) is 4.50. The second kappa shape index (κ2) is 6.98. The van der Waals surface area contributed by atoms with Crippen LogP contribution in [0.3, 0.4) is 0 Å². The first kappa shape index (κ1) is 13.6. The van der Waals surface area contributed by atoms with Crippen molar-refractivity contribution in [2.24, 2.45) is 5.73 Å². The summed E-state index contributed by atoms with van der Waals surface area (Å²) in [5.74, 6) is -0.614. The third-order valence-corrected chi connectivity index (χ3v) is 2.24. The summed E-state index contributed by atoms with van der Waals surface area (Å²) in [6.07, 6.45) is 0. The normalized spacial score (nSPS) is 12.2. The van der Waals surface area contributed by atoms with Crippen molar-refractivity contribution in [2.75, 3.05) is 19.8 Å². The van der Waals surface area contributed by atoms with Crippen LogP contribution in [0.15, 0.2) is 24.3 Å². The van der Waals surface area contributed by atoms with Crippen LogP contribution in [0.25, 0.3) is 0 Å². The van der Waals surface area contributed by atoms with Gasteiger partial charge >= 0.3 is 0 Å². The molecule has 1 aromatic rings. The molecule has 1 rings (SSSR count). The number of hydrogen-bond acceptors (Lipinski definition) is 3. The third-order valence-electron chi connectivity index (χ3n) is 2.24. The molecule has 0 aliphatic carbocycles. The van der Waals surface area contributed by atoms with Gasteiger partial charge < -0.3 is 15.8 Å². The van der Waals surface area contributed by atoms with Crippen LogP contribution < -0.4 is 11.1 Å². The Labute approximate surface area is 100.0 Å². The van der Waals surface area contributed by atoms with Crippen molar-refractivity contribution in [2.45, 2.75) is 13.0 Å². The topological polar surface area (TPSA) is 64.3 Å². The van der Waals surface area contributed by atoms with Crippen LogP contribution in [0.1, 0.15) is 18.5 Å². The SMILES string of the molecule is C[C@@H](NC(=O)COCCN)c1ccccc1F. The van der Waals surface area contributed by atoms with Crippen molar-refractivity contribution in [3.05, 3.63) is 35.6 Å². The molecule has 0 saturated carbocycles. The van der Waals surface area contributed by atoms with E-state index in [0.29, 0.717) is 18.7 Å². The van der Waals surface area contributed by atoms with Crippen molar-refractivity contribution in [3.8, 4) is 0 Å². The highest BCUT2D eigenvalue weighted by Gasteiger charge is 2.12. The van der Waals surface area contributed by atoms with Gasteiger partial charge in [0.2, 0.25) is 5.91 Å². The Bertz CT molecular complexity index is 371. The quantitative estimate of drug-likeness (QED) is 0.728. The van der Waals surface area contributed by atoms with Gasteiger partial charge in [-0.25, -0.2) is 4.39 Å². The molecule has 0 spiro atoms. The number of nitrogens with one attached hydrogen (secondary N) is 1. The summed E-state index contributed by atoms with van der Waals surface area (Å²) < 4.78 is 18.4. The summed E-state index contributed by atoms with van der Waals surface area (Å²) >= 11 is 0. The molecule has 17 heavy (non-hydrogen) atoms. The fourth-order valence-corrected chi connectivity index (χ4v) is 1.44. The highest BCUT2D eigenvalue weighted by Crippen LogP contribution is 2.15. The van der Waals surface area contributed by atoms with Gasteiger partial charge in [-0.3, -0.25) is 4.79 Å². The largest absolute Gasteiger partial charge is 0.370 e. The number of ether oxygens (including phenoxy) is 1. The number of carbonyl (C=O) groups excluding carboxylic acids is 1. The van der Waals surface area contributed by atoms with Crippen molar-refractivity contribution < 1.29 is 13.9 Å². The zero-order valence-electron chi connectivity index (χ0n) is 9.78. The predicted octanol–water partition coefficient (Wildman–Crippen LogP) is 0.978. The van der Waals surface area contributed by atoms with Crippen LogP contribution in [-0.2, 0) is 9.53 Å². The van der Waals surface area contributed by atoms with Crippen LogP contribution in [0.5, 0.6) is 0 Å². The summed E-state index contributed by atoms with van der Waals surface area (Å²) in [6, 6.07) is 5.96. The first-order chi connectivity index (χ1) is 8.15. The van der Waals surface area contributed by atoms with Gasteiger partial charge in [0.1, 0.15) is 12.4 Å². The van der Waals surface area contributed by atoms with Crippen LogP contribution in [0.4, 0.5) is 4.39 Å². The van der Waals surface area contributed by atoms with Crippen LogP contribution in [0.2, 0.25) is 0 Å². The Morgan fingerprint density at radius 2 is 2.24 bits per heavy atom. The maximum atomic E-state index is 13.4. The average molecular weight is 240 g/mol. The lowest BCUT2D eigenvalue weighted by Crippen LogP contribution is -2.31. The zero-order chi connectivity index (χ0) is 12.7. The van der Waals surface area contributed by atoms with Crippen molar-refractivity contribution in [3.63, 3.8) is 0 Å². The first-order valence-corrected chi connectivity index (χ1v) is 5.46. The summed E-state index contributed by atoms with van der Waals surface area (Å²) in [5, 5.41) is 2.65. The van der Waals surface area contributed by atoms with Crippen molar-refractivity contribution in [1.29, 1.82) is 0 Å². The molecule has 0 fully saturated rings. The second-order valence-corrected chi connectivity index (χ2v) is 3.65. The number of benzene rings is 1. The molecular weight excluding hydrogens is 223 g/mol. The number of amides is 1. The molecule has 94 valence electrons. The van der Waals surface area contributed by atoms with Crippen LogP contribution >= 0.6 is 0 Å². The number of rotatable bonds is 6. The molecule has 4 nitrogen and oxygen atoms in total. The minimum Gasteiger partial charge on any atom is -0.370 e. The molecule has 0 radical (unpaired) electrons. The van der Waals surface area contributed by atoms with Crippen LogP contribution in [-0.4, -0.2) is 25.7 Å². The van der Waals surface area contributed by atoms with Gasteiger partial charge in [0.05, 0.1) is 12.6 Å². The molecule has 3 N–H and O–H groups in total. The van der Waals surface area contributed by atoms with E-state index in [1.807, 2.05) is 0 Å². The minimum atomic E-state index is -0.384. The highest BCUT2D eigenvalue weighted by molar-refractivity contribution is 5.77. The van der Waals surface area contributed by atoms with E-state index >= 15 is 0 Å². The van der Waals surface area contributed by atoms with Crippen molar-refractivity contribution >= 4 is 5.91 Å². The number of nitrogens with two attached hydrogens (primary N) is 1. The summed E-state index contributed by atoms with van der Waals surface area (Å²) in [5.41, 5.74) is 5.68. The molecular formula is C12H17FN2O2. The Morgan fingerprint density at radius 3 is 2.88 bits per heavy atom. The number of carbonyl (C=O) groups is 1. The lowest BCUT2D eigenvalue weighted by molar-refractivity contribution is -0.126. The molecule has 0 saturated heterocycles. The predicted molar refractivity (Wildman–Crippen MR) is 62.8 cm³/mol. The minimum absolute atomic E-state index is 0.0595. The average Bonchev–Trinajstić information content (AvgIpc) is 2.29. The summed E-state index contributed by atoms with van der Waals surface area (Å²) in [7, 11) is 0. The van der Waals surface area contributed by atoms with E-state index in [4.69, 9.17) is 10.5 Å². The molecule has 0 aliphatic heterocycles. The Balaban J connectivity index is 2.46. The fourth-order valence-electron chi connectivity index (χ4n) is 1.44. The van der Waals surface area contributed by atoms with Gasteiger partial charge in [-0.05, 0) is 13.0 Å². The van der Waals surface area contributed by atoms with E-state index in [1.54, 1.807) is 25.1 Å². The van der Waals surface area contributed by atoms with Gasteiger partial charge in [0.15, 0.2) is 0 Å². The second-order valence-electron chi connectivity index (χ2n) is 3.65. The maximum Gasteiger partial charge on any atom is 0.246 e. The first-order valence-electron chi connectivity index (χ1n) is 5.46. The molecule has 1 atom stereocenters. The smallest absolute Gasteiger partial charge is 0.246 e. The van der Waals surface area contributed by atoms with E-state index in [2.05, 4.69) is 5.32 Å². The van der Waals surface area contributed by atoms with E-state index in [9.17, 15) is 9.18 Å². The lowest BCUT2D eigenvalue weighted by Gasteiger charge is -2.14. The van der Waals surface area contributed by atoms with Gasteiger partial charge in [0.25, 0.3) is 0 Å². The highest BCUT2D eigenvalue weighted by atomic mass is 19.1. The molecule has 1 aromatic carbocycles. The Morgan fingerprint density at radius 1 is 1.53 bits per heavy atom. The van der Waals surface area contributed by atoms with Gasteiger partial charge in [-0.15, -0.1) is 0 Å². The van der Waals surface area contributed by atoms with E-state index < -0.39 is 0 Å². The van der Waals surface area contributed by atoms with Crippen LogP contribution in [0, 0.1) is 5.82 Å². The van der Waals surface area contributed by atoms with E-state index in [1.165, 1.54) is 6.07 Å². The zero-order valence-corrected chi connectivity index (χ0v) is 9.78. The van der Waals surface area contributed by atoms with Gasteiger partial charge in [-0.2, -0.15) is 0 Å². The Hall–Kier alpha value is -1.46. The van der Waals surface area contributed by atoms with Gasteiger partial charge in [-0.1, -0.05) is 18.2 Å². The number of halogens is 1. The number of hydrogen-bond donors (Lipinski definition) is 2. The standard InChI is InChI=1S/C12H17FN2O2/c1-9(10-4-2-3-5-11(10)13)15-12(16)8-17-7-6-14/h2-5,9H,6-8,14H2,1H3,(H,15,16)/t9-/m1/s1. The molecule has 0 bridgehead atoms. The van der Waals surface area contributed by atoms with E-state index in [0.717, 1.165) is 0 Å². The maximum absolute atomic E-state index is 13.4. The molecule has 1 amide bonds. The molecule has 0 aromatic heterocycles. The lowest BCUT2D eigenvalue weighted by atomic mass is 10.1. The fraction of sp³-hybridized carbons (Fsp3) is 0.417. The van der Waals surface area contributed by atoms with Crippen molar-refractivity contribution in [1.82, 2.24) is 5.32 Å². The van der Waals surface area contributed by atoms with Gasteiger partial charge in [0, 0.05) is 12.1 Å². The molecule has 0 heterocycles. The summed E-state index contributed by atoms with van der Waals surface area (Å²) in [6.45, 7) is 2.37. The Kier molecular flexibility index (Phi) is 5.59.